The normalized spacial score (nSPS) is 17.7. The zero-order valence-electron chi connectivity index (χ0n) is 17.5. The molecule has 3 aromatic rings. The molecule has 1 amide bonds. The first-order valence-electron chi connectivity index (χ1n) is 10.5. The first-order chi connectivity index (χ1) is 15.5. The largest absolute Gasteiger partial charge is 0.423 e. The van der Waals surface area contributed by atoms with E-state index in [2.05, 4.69) is 22.5 Å². The summed E-state index contributed by atoms with van der Waals surface area (Å²) in [4.78, 5) is 28.9. The Balaban J connectivity index is 1.36. The number of carbonyl (C=O) groups excluding carboxylic acids is 2. The average molecular weight is 452 g/mol. The van der Waals surface area contributed by atoms with Crippen molar-refractivity contribution < 1.29 is 18.7 Å². The lowest BCUT2D eigenvalue weighted by Crippen LogP contribution is -2.38. The van der Waals surface area contributed by atoms with Crippen LogP contribution < -0.4 is 15.4 Å². The summed E-state index contributed by atoms with van der Waals surface area (Å²) < 4.78 is 18.8. The molecule has 1 aromatic heterocycles. The number of nitrogens with zero attached hydrogens (tertiary/aromatic N) is 1. The van der Waals surface area contributed by atoms with Crippen molar-refractivity contribution in [3.63, 3.8) is 0 Å². The van der Waals surface area contributed by atoms with Crippen molar-refractivity contribution in [3.8, 4) is 5.75 Å². The Bertz CT molecular complexity index is 1210. The molecule has 1 atom stereocenters. The molecule has 0 bridgehead atoms. The van der Waals surface area contributed by atoms with Crippen LogP contribution in [0.5, 0.6) is 5.75 Å². The zero-order chi connectivity index (χ0) is 22.2. The highest BCUT2D eigenvalue weighted by Gasteiger charge is 2.33. The Hall–Kier alpha value is -3.23. The van der Waals surface area contributed by atoms with Gasteiger partial charge < -0.3 is 15.4 Å². The lowest BCUT2D eigenvalue weighted by atomic mass is 10.0. The van der Waals surface area contributed by atoms with E-state index in [-0.39, 0.29) is 11.5 Å². The number of hydrogen-bond acceptors (Lipinski definition) is 6. The predicted octanol–water partition coefficient (Wildman–Crippen LogP) is 4.34. The summed E-state index contributed by atoms with van der Waals surface area (Å²) in [7, 11) is 0. The van der Waals surface area contributed by atoms with Crippen LogP contribution in [0.1, 0.15) is 49.8 Å². The second-order valence-electron chi connectivity index (χ2n) is 7.85. The van der Waals surface area contributed by atoms with Crippen molar-refractivity contribution in [3.05, 3.63) is 81.5 Å². The van der Waals surface area contributed by atoms with Gasteiger partial charge in [-0.25, -0.2) is 9.18 Å². The molecule has 2 aliphatic rings. The van der Waals surface area contributed by atoms with E-state index in [0.717, 1.165) is 53.8 Å². The van der Waals surface area contributed by atoms with Crippen LogP contribution in [0.3, 0.4) is 0 Å². The number of likely N-dealkylation sites (N-methyl/N-ethyl adjacent to an activating group) is 1. The highest BCUT2D eigenvalue weighted by atomic mass is 32.1. The van der Waals surface area contributed by atoms with Crippen molar-refractivity contribution in [2.75, 3.05) is 18.4 Å². The van der Waals surface area contributed by atoms with Crippen LogP contribution in [-0.2, 0) is 13.0 Å². The molecular formula is C24H22FN3O3S. The average Bonchev–Trinajstić information content (AvgIpc) is 3.17. The molecule has 0 radical (unpaired) electrons. The second-order valence-corrected chi connectivity index (χ2v) is 8.96. The summed E-state index contributed by atoms with van der Waals surface area (Å²) in [5.41, 5.74) is 2.80. The Labute approximate surface area is 189 Å². The number of carbonyl (C=O) groups is 2. The van der Waals surface area contributed by atoms with Gasteiger partial charge in [-0.2, -0.15) is 0 Å². The third kappa shape index (κ3) is 3.87. The number of fused-ring (bicyclic) bond motifs is 3. The summed E-state index contributed by atoms with van der Waals surface area (Å²) in [6.07, 6.45) is 0.436. The van der Waals surface area contributed by atoms with Crippen molar-refractivity contribution in [1.82, 2.24) is 10.2 Å². The van der Waals surface area contributed by atoms with E-state index < -0.39 is 18.0 Å². The van der Waals surface area contributed by atoms with Gasteiger partial charge in [-0.3, -0.25) is 9.69 Å². The topological polar surface area (TPSA) is 70.7 Å². The first kappa shape index (κ1) is 20.7. The van der Waals surface area contributed by atoms with E-state index in [9.17, 15) is 14.0 Å². The van der Waals surface area contributed by atoms with Gasteiger partial charge in [0.1, 0.15) is 22.7 Å². The Kier molecular flexibility index (Phi) is 5.40. The summed E-state index contributed by atoms with van der Waals surface area (Å²) in [5, 5.41) is 7.33. The van der Waals surface area contributed by atoms with E-state index >= 15 is 0 Å². The van der Waals surface area contributed by atoms with E-state index in [1.165, 1.54) is 23.1 Å². The zero-order valence-corrected chi connectivity index (χ0v) is 18.3. The number of amides is 1. The van der Waals surface area contributed by atoms with Crippen LogP contribution in [0, 0.1) is 5.82 Å². The SMILES string of the molecule is CCN1CCc2c(sc3c2C(=O)NC(c2cccc(OC(=O)c4cccc(F)c4)c2)N3)C1. The molecule has 0 fully saturated rings. The molecule has 0 saturated carbocycles. The minimum atomic E-state index is -0.643. The Morgan fingerprint density at radius 1 is 1.22 bits per heavy atom. The van der Waals surface area contributed by atoms with Crippen LogP contribution in [0.2, 0.25) is 0 Å². The third-order valence-electron chi connectivity index (χ3n) is 5.82. The summed E-state index contributed by atoms with van der Waals surface area (Å²) in [6, 6.07) is 12.3. The molecule has 164 valence electrons. The maximum atomic E-state index is 13.4. The lowest BCUT2D eigenvalue weighted by Gasteiger charge is -2.28. The van der Waals surface area contributed by atoms with Gasteiger partial charge in [-0.1, -0.05) is 25.1 Å². The molecule has 32 heavy (non-hydrogen) atoms. The van der Waals surface area contributed by atoms with E-state index in [1.54, 1.807) is 29.5 Å². The molecule has 0 saturated heterocycles. The van der Waals surface area contributed by atoms with Gasteiger partial charge in [0, 0.05) is 18.0 Å². The van der Waals surface area contributed by atoms with Gasteiger partial charge >= 0.3 is 5.97 Å². The van der Waals surface area contributed by atoms with Crippen molar-refractivity contribution in [2.24, 2.45) is 0 Å². The number of rotatable bonds is 4. The molecule has 5 rings (SSSR count). The van der Waals surface area contributed by atoms with E-state index in [4.69, 9.17) is 4.74 Å². The highest BCUT2D eigenvalue weighted by Crippen LogP contribution is 2.40. The molecule has 2 aliphatic heterocycles. The predicted molar refractivity (Wildman–Crippen MR) is 121 cm³/mol. The van der Waals surface area contributed by atoms with Gasteiger partial charge in [0.25, 0.3) is 5.91 Å². The van der Waals surface area contributed by atoms with Crippen LogP contribution in [-0.4, -0.2) is 29.9 Å². The Morgan fingerprint density at radius 2 is 2.06 bits per heavy atom. The molecular weight excluding hydrogens is 429 g/mol. The number of esters is 1. The highest BCUT2D eigenvalue weighted by molar-refractivity contribution is 7.16. The van der Waals surface area contributed by atoms with Gasteiger partial charge in [0.2, 0.25) is 0 Å². The number of halogens is 1. The van der Waals surface area contributed by atoms with Crippen LogP contribution in [0.15, 0.2) is 48.5 Å². The van der Waals surface area contributed by atoms with Crippen molar-refractivity contribution in [2.45, 2.75) is 26.1 Å². The van der Waals surface area contributed by atoms with Crippen LogP contribution >= 0.6 is 11.3 Å². The fourth-order valence-corrected chi connectivity index (χ4v) is 5.46. The Morgan fingerprint density at radius 3 is 2.88 bits per heavy atom. The van der Waals surface area contributed by atoms with Gasteiger partial charge in [0.15, 0.2) is 0 Å². The maximum absolute atomic E-state index is 13.4. The molecule has 6 nitrogen and oxygen atoms in total. The first-order valence-corrected chi connectivity index (χ1v) is 11.4. The second kappa shape index (κ2) is 8.37. The fraction of sp³-hybridized carbons (Fsp3) is 0.250. The van der Waals surface area contributed by atoms with Crippen molar-refractivity contribution in [1.29, 1.82) is 0 Å². The van der Waals surface area contributed by atoms with Gasteiger partial charge in [-0.15, -0.1) is 11.3 Å². The van der Waals surface area contributed by atoms with Gasteiger partial charge in [-0.05, 0) is 54.4 Å². The van der Waals surface area contributed by atoms with E-state index in [1.807, 2.05) is 6.07 Å². The summed E-state index contributed by atoms with van der Waals surface area (Å²) in [5.74, 6) is -0.911. The van der Waals surface area contributed by atoms with Crippen LogP contribution in [0.4, 0.5) is 9.39 Å². The summed E-state index contributed by atoms with van der Waals surface area (Å²) in [6.45, 7) is 4.97. The minimum absolute atomic E-state index is 0.0895. The van der Waals surface area contributed by atoms with E-state index in [0.29, 0.717) is 5.75 Å². The molecule has 2 N–H and O–H groups in total. The quantitative estimate of drug-likeness (QED) is 0.456. The fourth-order valence-electron chi connectivity index (χ4n) is 4.14. The van der Waals surface area contributed by atoms with Gasteiger partial charge in [0.05, 0.1) is 11.1 Å². The number of nitrogens with one attached hydrogen (secondary N) is 2. The smallest absolute Gasteiger partial charge is 0.343 e. The number of thiophene rings is 1. The summed E-state index contributed by atoms with van der Waals surface area (Å²) >= 11 is 1.64. The molecule has 3 heterocycles. The number of hydrogen-bond donors (Lipinski definition) is 2. The number of anilines is 1. The molecule has 2 aromatic carbocycles. The molecule has 0 spiro atoms. The minimum Gasteiger partial charge on any atom is -0.423 e. The molecule has 0 aliphatic carbocycles. The standard InChI is InChI=1S/C24H22FN3O3S/c1-2-28-10-9-18-19(13-28)32-23-20(18)22(29)26-21(27-23)14-5-4-8-17(12-14)31-24(30)15-6-3-7-16(25)11-15/h3-8,11-12,21,27H,2,9-10,13H2,1H3,(H,26,29). The van der Waals surface area contributed by atoms with Crippen LogP contribution in [0.25, 0.3) is 0 Å². The number of benzene rings is 2. The monoisotopic (exact) mass is 451 g/mol. The maximum Gasteiger partial charge on any atom is 0.343 e. The molecule has 1 unspecified atom stereocenters. The molecule has 8 heteroatoms. The number of ether oxygens (including phenoxy) is 1. The third-order valence-corrected chi connectivity index (χ3v) is 6.97. The lowest BCUT2D eigenvalue weighted by molar-refractivity contribution is 0.0733. The van der Waals surface area contributed by atoms with Crippen molar-refractivity contribution >= 4 is 28.2 Å².